The second-order valence-electron chi connectivity index (χ2n) is 4.78. The minimum absolute atomic E-state index is 0.187. The van der Waals surface area contributed by atoms with Crippen molar-refractivity contribution in [2.24, 2.45) is 5.92 Å². The highest BCUT2D eigenvalue weighted by Gasteiger charge is 2.21. The summed E-state index contributed by atoms with van der Waals surface area (Å²) < 4.78 is 0. The fraction of sp³-hybridized carbons (Fsp3) is 0.500. The van der Waals surface area contributed by atoms with Crippen LogP contribution < -0.4 is 4.90 Å². The molecule has 3 heteroatoms. The molecule has 1 N–H and O–H groups in total. The molecule has 0 bridgehead atoms. The number of rotatable bonds is 3. The van der Waals surface area contributed by atoms with Crippen molar-refractivity contribution >= 4 is 11.5 Å². The Hall–Kier alpha value is -1.35. The lowest BCUT2D eigenvalue weighted by molar-refractivity contribution is 0.0984. The zero-order valence-electron chi connectivity index (χ0n) is 10.2. The second kappa shape index (κ2) is 5.32. The Balaban J connectivity index is 2.28. The number of Topliss-reactive ketones (excluding diaryl/α,β-unsaturated/α-hetero) is 1. The van der Waals surface area contributed by atoms with Crippen LogP contribution in [-0.4, -0.2) is 30.6 Å². The number of ketones is 1. The highest BCUT2D eigenvalue weighted by Crippen LogP contribution is 2.26. The number of anilines is 1. The standard InChI is InChI=1S/C14H19NO2/c1-11(10-16)9-15-8-4-7-14(17)12-5-2-3-6-13(12)15/h2-3,5-6,11,16H,4,7-10H2,1H3. The molecule has 0 spiro atoms. The molecule has 17 heavy (non-hydrogen) atoms. The molecule has 0 radical (unpaired) electrons. The van der Waals surface area contributed by atoms with E-state index in [1.54, 1.807) is 0 Å². The summed E-state index contributed by atoms with van der Waals surface area (Å²) in [5.41, 5.74) is 1.85. The molecule has 0 saturated heterocycles. The van der Waals surface area contributed by atoms with Gasteiger partial charge in [0.15, 0.2) is 5.78 Å². The van der Waals surface area contributed by atoms with Gasteiger partial charge in [-0.2, -0.15) is 0 Å². The van der Waals surface area contributed by atoms with E-state index in [4.69, 9.17) is 5.11 Å². The van der Waals surface area contributed by atoms with Gasteiger partial charge in [-0.3, -0.25) is 4.79 Å². The van der Waals surface area contributed by atoms with Gasteiger partial charge in [0.25, 0.3) is 0 Å². The van der Waals surface area contributed by atoms with Crippen molar-refractivity contribution in [3.8, 4) is 0 Å². The first kappa shape index (κ1) is 12.1. The van der Waals surface area contributed by atoms with Gasteiger partial charge in [0.1, 0.15) is 0 Å². The number of carbonyl (C=O) groups is 1. The Bertz CT molecular complexity index is 403. The number of aliphatic hydroxyl groups is 1. The molecule has 1 heterocycles. The molecule has 1 aliphatic rings. The van der Waals surface area contributed by atoms with E-state index < -0.39 is 0 Å². The maximum Gasteiger partial charge on any atom is 0.165 e. The zero-order chi connectivity index (χ0) is 12.3. The maximum atomic E-state index is 11.9. The van der Waals surface area contributed by atoms with Gasteiger partial charge in [-0.05, 0) is 24.5 Å². The van der Waals surface area contributed by atoms with Gasteiger partial charge >= 0.3 is 0 Å². The van der Waals surface area contributed by atoms with Gasteiger partial charge in [0.05, 0.1) is 0 Å². The number of nitrogens with zero attached hydrogens (tertiary/aromatic N) is 1. The van der Waals surface area contributed by atoms with E-state index in [0.717, 1.165) is 30.8 Å². The minimum atomic E-state index is 0.187. The number of hydrogen-bond donors (Lipinski definition) is 1. The monoisotopic (exact) mass is 233 g/mol. The molecule has 1 unspecified atom stereocenters. The van der Waals surface area contributed by atoms with E-state index in [9.17, 15) is 4.79 Å². The predicted molar refractivity (Wildman–Crippen MR) is 68.5 cm³/mol. The topological polar surface area (TPSA) is 40.5 Å². The lowest BCUT2D eigenvalue weighted by Gasteiger charge is -2.27. The summed E-state index contributed by atoms with van der Waals surface area (Å²) in [5.74, 6) is 0.469. The molecule has 1 atom stereocenters. The molecule has 0 amide bonds. The quantitative estimate of drug-likeness (QED) is 0.869. The second-order valence-corrected chi connectivity index (χ2v) is 4.78. The van der Waals surface area contributed by atoms with Crippen molar-refractivity contribution in [1.29, 1.82) is 0 Å². The van der Waals surface area contributed by atoms with Crippen molar-refractivity contribution in [2.45, 2.75) is 19.8 Å². The lowest BCUT2D eigenvalue weighted by atomic mass is 10.1. The van der Waals surface area contributed by atoms with Gasteiger partial charge in [0.2, 0.25) is 0 Å². The van der Waals surface area contributed by atoms with Crippen LogP contribution in [0.15, 0.2) is 24.3 Å². The first-order valence-corrected chi connectivity index (χ1v) is 6.20. The first-order valence-electron chi connectivity index (χ1n) is 6.20. The van der Waals surface area contributed by atoms with Crippen LogP contribution in [0.2, 0.25) is 0 Å². The lowest BCUT2D eigenvalue weighted by Crippen LogP contribution is -2.30. The van der Waals surface area contributed by atoms with Crippen molar-refractivity contribution < 1.29 is 9.90 Å². The van der Waals surface area contributed by atoms with Crippen LogP contribution in [-0.2, 0) is 0 Å². The molecule has 3 nitrogen and oxygen atoms in total. The smallest absolute Gasteiger partial charge is 0.165 e. The maximum absolute atomic E-state index is 11.9. The molecular formula is C14H19NO2. The fourth-order valence-corrected chi connectivity index (χ4v) is 2.29. The van der Waals surface area contributed by atoms with E-state index in [1.165, 1.54) is 0 Å². The molecule has 1 aliphatic heterocycles. The van der Waals surface area contributed by atoms with Crippen molar-refractivity contribution in [1.82, 2.24) is 0 Å². The van der Waals surface area contributed by atoms with Crippen LogP contribution in [0.25, 0.3) is 0 Å². The molecule has 0 aliphatic carbocycles. The van der Waals surface area contributed by atoms with Crippen molar-refractivity contribution in [3.63, 3.8) is 0 Å². The highest BCUT2D eigenvalue weighted by atomic mass is 16.3. The van der Waals surface area contributed by atoms with Crippen molar-refractivity contribution in [2.75, 3.05) is 24.6 Å². The van der Waals surface area contributed by atoms with E-state index in [0.29, 0.717) is 6.42 Å². The average molecular weight is 233 g/mol. The normalized spacial score (nSPS) is 17.5. The summed E-state index contributed by atoms with van der Waals surface area (Å²) in [4.78, 5) is 14.2. The number of benzene rings is 1. The van der Waals surface area contributed by atoms with E-state index in [-0.39, 0.29) is 18.3 Å². The van der Waals surface area contributed by atoms with Gasteiger partial charge in [-0.1, -0.05) is 19.1 Å². The van der Waals surface area contributed by atoms with E-state index in [1.807, 2.05) is 31.2 Å². The molecule has 0 aromatic heterocycles. The summed E-state index contributed by atoms with van der Waals surface area (Å²) >= 11 is 0. The van der Waals surface area contributed by atoms with Crippen LogP contribution in [0, 0.1) is 5.92 Å². The van der Waals surface area contributed by atoms with Gasteiger partial charge in [0, 0.05) is 37.4 Å². The Kier molecular flexibility index (Phi) is 3.79. The highest BCUT2D eigenvalue weighted by molar-refractivity contribution is 6.01. The molecular weight excluding hydrogens is 214 g/mol. The SMILES string of the molecule is CC(CO)CN1CCCC(=O)c2ccccc21. The van der Waals surface area contributed by atoms with Crippen LogP contribution in [0.1, 0.15) is 30.1 Å². The molecule has 1 aromatic rings. The molecule has 1 aromatic carbocycles. The third kappa shape index (κ3) is 2.67. The third-order valence-corrected chi connectivity index (χ3v) is 3.22. The van der Waals surface area contributed by atoms with E-state index >= 15 is 0 Å². The number of hydrogen-bond acceptors (Lipinski definition) is 3. The molecule has 92 valence electrons. The Morgan fingerprint density at radius 1 is 1.41 bits per heavy atom. The summed E-state index contributed by atoms with van der Waals surface area (Å²) in [6, 6.07) is 7.78. The number of para-hydroxylation sites is 1. The van der Waals surface area contributed by atoms with Crippen LogP contribution in [0.3, 0.4) is 0 Å². The van der Waals surface area contributed by atoms with Gasteiger partial charge in [-0.25, -0.2) is 0 Å². The average Bonchev–Trinajstić information content (AvgIpc) is 2.51. The summed E-state index contributed by atoms with van der Waals surface area (Å²) in [6.07, 6.45) is 1.52. The Labute approximate surface area is 102 Å². The molecule has 0 saturated carbocycles. The fourth-order valence-electron chi connectivity index (χ4n) is 2.29. The Morgan fingerprint density at radius 2 is 2.18 bits per heavy atom. The minimum Gasteiger partial charge on any atom is -0.396 e. The summed E-state index contributed by atoms with van der Waals surface area (Å²) in [6.45, 7) is 3.91. The zero-order valence-corrected chi connectivity index (χ0v) is 10.2. The van der Waals surface area contributed by atoms with Crippen LogP contribution in [0.5, 0.6) is 0 Å². The third-order valence-electron chi connectivity index (χ3n) is 3.22. The Morgan fingerprint density at radius 3 is 2.94 bits per heavy atom. The molecule has 0 fully saturated rings. The largest absolute Gasteiger partial charge is 0.396 e. The van der Waals surface area contributed by atoms with Crippen molar-refractivity contribution in [3.05, 3.63) is 29.8 Å². The number of aliphatic hydroxyl groups excluding tert-OH is 1. The predicted octanol–water partition coefficient (Wildman–Crippen LogP) is 2.10. The summed E-state index contributed by atoms with van der Waals surface area (Å²) in [5, 5.41) is 9.14. The number of fused-ring (bicyclic) bond motifs is 1. The van der Waals surface area contributed by atoms with Gasteiger partial charge < -0.3 is 10.0 Å². The number of carbonyl (C=O) groups excluding carboxylic acids is 1. The van der Waals surface area contributed by atoms with Gasteiger partial charge in [-0.15, -0.1) is 0 Å². The summed E-state index contributed by atoms with van der Waals surface area (Å²) in [7, 11) is 0. The first-order chi connectivity index (χ1) is 8.22. The van der Waals surface area contributed by atoms with Crippen LogP contribution >= 0.6 is 0 Å². The van der Waals surface area contributed by atoms with E-state index in [2.05, 4.69) is 4.90 Å². The molecule has 2 rings (SSSR count). The van der Waals surface area contributed by atoms with Crippen LogP contribution in [0.4, 0.5) is 5.69 Å².